The highest BCUT2D eigenvalue weighted by Crippen LogP contribution is 2.37. The molecule has 3 aliphatic heterocycles. The lowest BCUT2D eigenvalue weighted by Gasteiger charge is -2.35. The molecule has 0 atom stereocenters. The second kappa shape index (κ2) is 11.6. The second-order valence-electron chi connectivity index (χ2n) is 10.1. The summed E-state index contributed by atoms with van der Waals surface area (Å²) in [5.41, 5.74) is 5.69. The molecule has 6 heteroatoms. The molecular weight excluding hydrogens is 460 g/mol. The molecule has 1 fully saturated rings. The van der Waals surface area contributed by atoms with Gasteiger partial charge in [-0.05, 0) is 105 Å². The number of Topliss-reactive ketones (excluding diaryl/α,β-unsaturated/α-hetero) is 1. The first-order valence-corrected chi connectivity index (χ1v) is 13.0. The van der Waals surface area contributed by atoms with E-state index in [1.54, 1.807) is 7.11 Å². The maximum atomic E-state index is 13.1. The van der Waals surface area contributed by atoms with Crippen molar-refractivity contribution in [3.05, 3.63) is 58.7 Å². The zero-order valence-electron chi connectivity index (χ0n) is 20.8. The van der Waals surface area contributed by atoms with Gasteiger partial charge in [0.15, 0.2) is 5.78 Å². The van der Waals surface area contributed by atoms with Crippen molar-refractivity contribution in [3.63, 3.8) is 0 Å². The fraction of sp³-hybridized carbons (Fsp3) is 0.517. The number of amides is 1. The van der Waals surface area contributed by atoms with Crippen molar-refractivity contribution in [1.82, 2.24) is 4.90 Å². The lowest BCUT2D eigenvalue weighted by molar-refractivity contribution is -0.119. The first-order chi connectivity index (χ1) is 16.6. The number of nitrogens with zero attached hydrogens (tertiary/aromatic N) is 2. The first kappa shape index (κ1) is 25.7. The Balaban J connectivity index is 0.00000289. The van der Waals surface area contributed by atoms with E-state index >= 15 is 0 Å². The molecule has 3 aliphatic rings. The third kappa shape index (κ3) is 5.90. The van der Waals surface area contributed by atoms with E-state index in [1.807, 2.05) is 11.0 Å². The largest absolute Gasteiger partial charge is 0.497 e. The van der Waals surface area contributed by atoms with Gasteiger partial charge in [0.2, 0.25) is 5.91 Å². The van der Waals surface area contributed by atoms with Crippen LogP contribution in [-0.4, -0.2) is 49.9 Å². The number of hydrogen-bond donors (Lipinski definition) is 0. The van der Waals surface area contributed by atoms with Gasteiger partial charge in [0.1, 0.15) is 5.75 Å². The zero-order valence-corrected chi connectivity index (χ0v) is 21.6. The number of piperidine rings is 1. The second-order valence-corrected chi connectivity index (χ2v) is 10.1. The third-order valence-corrected chi connectivity index (χ3v) is 7.93. The van der Waals surface area contributed by atoms with Crippen LogP contribution in [0.25, 0.3) is 0 Å². The molecule has 2 aromatic carbocycles. The summed E-state index contributed by atoms with van der Waals surface area (Å²) in [4.78, 5) is 29.9. The lowest BCUT2D eigenvalue weighted by atomic mass is 9.87. The number of ketones is 1. The van der Waals surface area contributed by atoms with Gasteiger partial charge in [0.05, 0.1) is 12.8 Å². The van der Waals surface area contributed by atoms with E-state index in [1.165, 1.54) is 29.5 Å². The number of likely N-dealkylation sites (tertiary alicyclic amines) is 1. The monoisotopic (exact) mass is 496 g/mol. The summed E-state index contributed by atoms with van der Waals surface area (Å²) in [6, 6.07) is 12.5. The van der Waals surface area contributed by atoms with E-state index in [-0.39, 0.29) is 24.1 Å². The molecule has 0 unspecified atom stereocenters. The van der Waals surface area contributed by atoms with E-state index in [4.69, 9.17) is 4.74 Å². The fourth-order valence-corrected chi connectivity index (χ4v) is 5.91. The van der Waals surface area contributed by atoms with E-state index in [9.17, 15) is 9.59 Å². The topological polar surface area (TPSA) is 49.9 Å². The van der Waals surface area contributed by atoms with Gasteiger partial charge < -0.3 is 14.5 Å². The van der Waals surface area contributed by atoms with E-state index in [2.05, 4.69) is 35.2 Å². The normalized spacial score (nSPS) is 18.1. The Morgan fingerprint density at radius 3 is 2.57 bits per heavy atom. The molecule has 0 aliphatic carbocycles. The molecule has 1 amide bonds. The Kier molecular flexibility index (Phi) is 8.51. The van der Waals surface area contributed by atoms with Gasteiger partial charge in [-0.2, -0.15) is 0 Å². The summed E-state index contributed by atoms with van der Waals surface area (Å²) < 4.78 is 5.33. The van der Waals surface area contributed by atoms with Crippen LogP contribution in [0.3, 0.4) is 0 Å². The number of aryl methyl sites for hydroxylation is 2. The summed E-state index contributed by atoms with van der Waals surface area (Å²) in [6.07, 6.45) is 8.33. The summed E-state index contributed by atoms with van der Waals surface area (Å²) in [6.45, 7) is 4.14. The molecule has 3 heterocycles. The minimum Gasteiger partial charge on any atom is -0.497 e. The quantitative estimate of drug-likeness (QED) is 0.468. The smallest absolute Gasteiger partial charge is 0.227 e. The fourth-order valence-electron chi connectivity index (χ4n) is 5.91. The Hall–Kier alpha value is -2.37. The van der Waals surface area contributed by atoms with Crippen molar-refractivity contribution in [3.8, 4) is 5.75 Å². The number of anilines is 1. The van der Waals surface area contributed by atoms with Crippen molar-refractivity contribution >= 4 is 29.8 Å². The molecule has 0 saturated carbocycles. The molecule has 188 valence electrons. The number of methoxy groups -OCH3 is 1. The maximum Gasteiger partial charge on any atom is 0.227 e. The molecule has 1 saturated heterocycles. The lowest BCUT2D eigenvalue weighted by Crippen LogP contribution is -2.39. The number of carbonyl (C=O) groups is 2. The SMILES string of the molecule is COc1cccc(CCN2CCC(CCC(=O)c3cc4c5c(c3)CCC(=O)N5CCC4)CC2)c1.Cl. The standard InChI is InChI=1S/C29H36N2O3.ClH/c1-34-26-6-2-4-22(18-26)13-17-30-15-11-21(12-16-30)7-9-27(32)25-19-23-5-3-14-31-28(33)10-8-24(20-25)29(23)31;/h2,4,6,18-21H,3,5,7-17H2,1H3;1H. The molecule has 0 aromatic heterocycles. The molecule has 0 bridgehead atoms. The average Bonchev–Trinajstić information content (AvgIpc) is 2.88. The van der Waals surface area contributed by atoms with Crippen LogP contribution in [0.4, 0.5) is 5.69 Å². The van der Waals surface area contributed by atoms with Crippen LogP contribution in [0, 0.1) is 5.92 Å². The van der Waals surface area contributed by atoms with Crippen LogP contribution in [0.15, 0.2) is 36.4 Å². The molecule has 0 N–H and O–H groups in total. The number of carbonyl (C=O) groups excluding carboxylic acids is 2. The molecule has 5 rings (SSSR count). The summed E-state index contributed by atoms with van der Waals surface area (Å²) in [7, 11) is 1.71. The van der Waals surface area contributed by atoms with Gasteiger partial charge >= 0.3 is 0 Å². The Bertz CT molecular complexity index is 1040. The molecule has 35 heavy (non-hydrogen) atoms. The van der Waals surface area contributed by atoms with Crippen LogP contribution >= 0.6 is 12.4 Å². The van der Waals surface area contributed by atoms with Crippen LogP contribution in [0.5, 0.6) is 5.75 Å². The third-order valence-electron chi connectivity index (χ3n) is 7.93. The highest BCUT2D eigenvalue weighted by Gasteiger charge is 2.30. The van der Waals surface area contributed by atoms with E-state index < -0.39 is 0 Å². The number of halogens is 1. The number of benzene rings is 2. The predicted octanol–water partition coefficient (Wildman–Crippen LogP) is 5.26. The summed E-state index contributed by atoms with van der Waals surface area (Å²) >= 11 is 0. The van der Waals surface area contributed by atoms with Gasteiger partial charge in [-0.15, -0.1) is 12.4 Å². The van der Waals surface area contributed by atoms with Crippen LogP contribution < -0.4 is 9.64 Å². The number of ether oxygens (including phenoxy) is 1. The maximum absolute atomic E-state index is 13.1. The number of hydrogen-bond acceptors (Lipinski definition) is 4. The van der Waals surface area contributed by atoms with Crippen molar-refractivity contribution in [2.24, 2.45) is 5.92 Å². The van der Waals surface area contributed by atoms with Crippen LogP contribution in [0.1, 0.15) is 65.6 Å². The summed E-state index contributed by atoms with van der Waals surface area (Å²) in [5, 5.41) is 0. The molecule has 2 aromatic rings. The van der Waals surface area contributed by atoms with E-state index in [0.29, 0.717) is 18.8 Å². The van der Waals surface area contributed by atoms with E-state index in [0.717, 1.165) is 75.3 Å². The van der Waals surface area contributed by atoms with Crippen molar-refractivity contribution < 1.29 is 14.3 Å². The van der Waals surface area contributed by atoms with Crippen molar-refractivity contribution in [2.75, 3.05) is 38.2 Å². The molecule has 5 nitrogen and oxygen atoms in total. The first-order valence-electron chi connectivity index (χ1n) is 13.0. The van der Waals surface area contributed by atoms with Gasteiger partial charge in [-0.1, -0.05) is 12.1 Å². The average molecular weight is 497 g/mol. The van der Waals surface area contributed by atoms with Gasteiger partial charge in [0, 0.05) is 31.5 Å². The molecular formula is C29H37ClN2O3. The Morgan fingerprint density at radius 2 is 1.80 bits per heavy atom. The van der Waals surface area contributed by atoms with Crippen LogP contribution in [-0.2, 0) is 24.1 Å². The van der Waals surface area contributed by atoms with Gasteiger partial charge in [0.25, 0.3) is 0 Å². The number of rotatable bonds is 8. The zero-order chi connectivity index (χ0) is 23.5. The summed E-state index contributed by atoms with van der Waals surface area (Å²) in [5.74, 6) is 2.08. The Labute approximate surface area is 215 Å². The molecule has 0 radical (unpaired) electrons. The molecule has 0 spiro atoms. The Morgan fingerprint density at radius 1 is 1.03 bits per heavy atom. The highest BCUT2D eigenvalue weighted by molar-refractivity contribution is 6.01. The van der Waals surface area contributed by atoms with Crippen molar-refractivity contribution in [1.29, 1.82) is 0 Å². The predicted molar refractivity (Wildman–Crippen MR) is 142 cm³/mol. The van der Waals surface area contributed by atoms with Crippen molar-refractivity contribution in [2.45, 2.75) is 57.8 Å². The minimum absolute atomic E-state index is 0. The van der Waals surface area contributed by atoms with Crippen LogP contribution in [0.2, 0.25) is 0 Å². The minimum atomic E-state index is 0. The van der Waals surface area contributed by atoms with Gasteiger partial charge in [-0.3, -0.25) is 9.59 Å². The highest BCUT2D eigenvalue weighted by atomic mass is 35.5. The van der Waals surface area contributed by atoms with Gasteiger partial charge in [-0.25, -0.2) is 0 Å².